The molecule has 3 aliphatic carbocycles. The fraction of sp³-hybridized carbons (Fsp3) is 0.647. The molecule has 2 aromatic carbocycles. The number of benzene rings is 2. The number of nitrogens with zero attached hydrogens (tertiary/aromatic N) is 2. The third-order valence-corrected chi connectivity index (χ3v) is 11.6. The van der Waals surface area contributed by atoms with Crippen molar-refractivity contribution in [3.63, 3.8) is 0 Å². The van der Waals surface area contributed by atoms with Crippen LogP contribution in [0.2, 0.25) is 0 Å². The van der Waals surface area contributed by atoms with E-state index in [2.05, 4.69) is 73.9 Å². The highest BCUT2D eigenvalue weighted by Crippen LogP contribution is 2.68. The van der Waals surface area contributed by atoms with Gasteiger partial charge in [0.15, 0.2) is 0 Å². The molecule has 6 nitrogen and oxygen atoms in total. The normalized spacial score (nSPS) is 29.4. The molecule has 3 saturated carbocycles. The quantitative estimate of drug-likeness (QED) is 0.515. The first kappa shape index (κ1) is 26.8. The molecule has 2 bridgehead atoms. The largest absolute Gasteiger partial charge is 0.478 e. The molecule has 0 radical (unpaired) electrons. The summed E-state index contributed by atoms with van der Waals surface area (Å²) in [6.45, 7) is 11.1. The minimum atomic E-state index is -0.332. The highest BCUT2D eigenvalue weighted by Gasteiger charge is 2.62. The van der Waals surface area contributed by atoms with Crippen LogP contribution in [0.4, 0.5) is 0 Å². The van der Waals surface area contributed by atoms with E-state index in [0.717, 1.165) is 42.3 Å². The Balaban J connectivity index is 1.31. The molecule has 0 aromatic heterocycles. The highest BCUT2D eigenvalue weighted by atomic mass is 16.5. The van der Waals surface area contributed by atoms with Gasteiger partial charge in [-0.15, -0.1) is 0 Å². The van der Waals surface area contributed by atoms with Crippen LogP contribution in [0.25, 0.3) is 0 Å². The summed E-state index contributed by atoms with van der Waals surface area (Å²) in [6.07, 6.45) is 6.71. The van der Waals surface area contributed by atoms with Crippen LogP contribution in [0.3, 0.4) is 0 Å². The maximum atomic E-state index is 10.0. The lowest BCUT2D eigenvalue weighted by Gasteiger charge is -2.46. The van der Waals surface area contributed by atoms with Crippen molar-refractivity contribution in [2.24, 2.45) is 23.7 Å². The SMILES string of the molecule is CC(C)(CO)N1COc2ccc(C3(c4ccc5c(c4)CN(C(C)(C)CO)CO5)CC4CC3C3CCCC43)cc2C1. The van der Waals surface area contributed by atoms with Crippen molar-refractivity contribution in [1.29, 1.82) is 0 Å². The van der Waals surface area contributed by atoms with Gasteiger partial charge in [0.1, 0.15) is 25.0 Å². The van der Waals surface area contributed by atoms with E-state index in [-0.39, 0.29) is 29.7 Å². The van der Waals surface area contributed by atoms with Crippen molar-refractivity contribution in [2.75, 3.05) is 26.7 Å². The van der Waals surface area contributed by atoms with Gasteiger partial charge in [-0.2, -0.15) is 0 Å². The van der Waals surface area contributed by atoms with E-state index in [0.29, 0.717) is 19.4 Å². The number of fused-ring (bicyclic) bond motifs is 7. The average Bonchev–Trinajstić information content (AvgIpc) is 3.69. The summed E-state index contributed by atoms with van der Waals surface area (Å²) in [5, 5.41) is 20.1. The van der Waals surface area contributed by atoms with Gasteiger partial charge in [0.2, 0.25) is 0 Å². The summed E-state index contributed by atoms with van der Waals surface area (Å²) in [6, 6.07) is 14.0. The summed E-state index contributed by atoms with van der Waals surface area (Å²) in [5.74, 6) is 5.13. The zero-order chi connectivity index (χ0) is 27.9. The van der Waals surface area contributed by atoms with Crippen LogP contribution < -0.4 is 9.47 Å². The minimum absolute atomic E-state index is 0.0101. The molecule has 216 valence electrons. The van der Waals surface area contributed by atoms with E-state index in [1.807, 2.05) is 0 Å². The topological polar surface area (TPSA) is 65.4 Å². The molecule has 3 fully saturated rings. The summed E-state index contributed by atoms with van der Waals surface area (Å²) >= 11 is 0. The van der Waals surface area contributed by atoms with Crippen LogP contribution in [-0.2, 0) is 18.5 Å². The molecule has 2 heterocycles. The Morgan fingerprint density at radius 3 is 1.85 bits per heavy atom. The monoisotopic (exact) mass is 546 g/mol. The van der Waals surface area contributed by atoms with Crippen LogP contribution >= 0.6 is 0 Å². The van der Waals surface area contributed by atoms with Crippen molar-refractivity contribution in [3.05, 3.63) is 58.7 Å². The maximum Gasteiger partial charge on any atom is 0.142 e. The van der Waals surface area contributed by atoms with E-state index >= 15 is 0 Å². The molecule has 2 N–H and O–H groups in total. The van der Waals surface area contributed by atoms with E-state index in [4.69, 9.17) is 9.47 Å². The smallest absolute Gasteiger partial charge is 0.142 e. The minimum Gasteiger partial charge on any atom is -0.478 e. The van der Waals surface area contributed by atoms with Gasteiger partial charge in [-0.1, -0.05) is 18.6 Å². The predicted octanol–water partition coefficient (Wildman–Crippen LogP) is 5.27. The van der Waals surface area contributed by atoms with Gasteiger partial charge in [0.05, 0.1) is 13.2 Å². The highest BCUT2D eigenvalue weighted by molar-refractivity contribution is 5.52. The van der Waals surface area contributed by atoms with Gasteiger partial charge in [-0.25, -0.2) is 0 Å². The molecule has 2 aromatic rings. The lowest BCUT2D eigenvalue weighted by atomic mass is 9.59. The van der Waals surface area contributed by atoms with Crippen LogP contribution in [0.15, 0.2) is 36.4 Å². The summed E-state index contributed by atoms with van der Waals surface area (Å²) in [5.41, 5.74) is 4.65. The first-order chi connectivity index (χ1) is 19.2. The molecule has 7 rings (SSSR count). The molecule has 4 unspecified atom stereocenters. The molecule has 0 amide bonds. The lowest BCUT2D eigenvalue weighted by molar-refractivity contribution is -0.0169. The second kappa shape index (κ2) is 9.45. The molecule has 2 aliphatic heterocycles. The third-order valence-electron chi connectivity index (χ3n) is 11.6. The zero-order valence-corrected chi connectivity index (χ0v) is 24.7. The number of hydrogen-bond acceptors (Lipinski definition) is 6. The standard InChI is InChI=1S/C34H46N2O4/c1-32(2,18-37)35-16-23-12-25(8-10-30(23)39-20-35)34(15-22-14-29(34)28-7-5-6-27(22)28)26-9-11-31-24(13-26)17-36(21-40-31)33(3,4)19-38/h8-13,22,27-29,37-38H,5-7,14-21H2,1-4H3. The number of aliphatic hydroxyl groups excluding tert-OH is 2. The predicted molar refractivity (Wildman–Crippen MR) is 155 cm³/mol. The fourth-order valence-corrected chi connectivity index (χ4v) is 8.99. The van der Waals surface area contributed by atoms with Gasteiger partial charge < -0.3 is 19.7 Å². The lowest BCUT2D eigenvalue weighted by Crippen LogP contribution is -2.50. The van der Waals surface area contributed by atoms with E-state index < -0.39 is 0 Å². The molecule has 40 heavy (non-hydrogen) atoms. The molecular formula is C34H46N2O4. The number of rotatable bonds is 6. The number of aliphatic hydroxyl groups is 2. The summed E-state index contributed by atoms with van der Waals surface area (Å²) in [7, 11) is 0. The second-order valence-corrected chi connectivity index (χ2v) is 14.6. The van der Waals surface area contributed by atoms with E-state index in [1.54, 1.807) is 0 Å². The Kier molecular flexibility index (Phi) is 6.32. The molecular weight excluding hydrogens is 500 g/mol. The zero-order valence-electron chi connectivity index (χ0n) is 24.7. The van der Waals surface area contributed by atoms with Crippen LogP contribution in [-0.4, -0.2) is 57.8 Å². The van der Waals surface area contributed by atoms with Crippen LogP contribution in [0.1, 0.15) is 82.1 Å². The molecule has 0 spiro atoms. The number of hydrogen-bond donors (Lipinski definition) is 2. The van der Waals surface area contributed by atoms with Gasteiger partial charge in [0.25, 0.3) is 0 Å². The second-order valence-electron chi connectivity index (χ2n) is 14.6. The molecule has 0 saturated heterocycles. The van der Waals surface area contributed by atoms with Crippen molar-refractivity contribution < 1.29 is 19.7 Å². The molecule has 5 aliphatic rings. The first-order valence-electron chi connectivity index (χ1n) is 15.4. The van der Waals surface area contributed by atoms with Crippen molar-refractivity contribution in [1.82, 2.24) is 9.80 Å². The molecule has 6 heteroatoms. The number of ether oxygens (including phenoxy) is 2. The van der Waals surface area contributed by atoms with Crippen LogP contribution in [0.5, 0.6) is 11.5 Å². The van der Waals surface area contributed by atoms with E-state index in [9.17, 15) is 10.2 Å². The Hall–Kier alpha value is -2.12. The average molecular weight is 547 g/mol. The van der Waals surface area contributed by atoms with Gasteiger partial charge in [0, 0.05) is 40.7 Å². The third kappa shape index (κ3) is 3.97. The van der Waals surface area contributed by atoms with Gasteiger partial charge in [-0.05, 0) is 112 Å². The van der Waals surface area contributed by atoms with Crippen LogP contribution in [0, 0.1) is 23.7 Å². The summed E-state index contributed by atoms with van der Waals surface area (Å²) < 4.78 is 12.4. The Morgan fingerprint density at radius 2 is 1.32 bits per heavy atom. The maximum absolute atomic E-state index is 10.0. The van der Waals surface area contributed by atoms with E-state index in [1.165, 1.54) is 54.4 Å². The Morgan fingerprint density at radius 1 is 0.800 bits per heavy atom. The summed E-state index contributed by atoms with van der Waals surface area (Å²) in [4.78, 5) is 4.49. The van der Waals surface area contributed by atoms with Crippen molar-refractivity contribution >= 4 is 0 Å². The van der Waals surface area contributed by atoms with Gasteiger partial charge in [-0.3, -0.25) is 9.80 Å². The Bertz CT molecular complexity index is 1210. The van der Waals surface area contributed by atoms with Crippen molar-refractivity contribution in [2.45, 2.75) is 89.4 Å². The first-order valence-corrected chi connectivity index (χ1v) is 15.4. The fourth-order valence-electron chi connectivity index (χ4n) is 8.99. The van der Waals surface area contributed by atoms with Gasteiger partial charge >= 0.3 is 0 Å². The Labute approximate surface area is 239 Å². The van der Waals surface area contributed by atoms with Crippen molar-refractivity contribution in [3.8, 4) is 11.5 Å². The molecule has 4 atom stereocenters.